The van der Waals surface area contributed by atoms with Gasteiger partial charge in [0.15, 0.2) is 0 Å². The molecule has 1 aromatic heterocycles. The fourth-order valence-corrected chi connectivity index (χ4v) is 2.67. The van der Waals surface area contributed by atoms with Crippen molar-refractivity contribution in [2.24, 2.45) is 11.8 Å². The molecule has 3 rings (SSSR count). The predicted octanol–water partition coefficient (Wildman–Crippen LogP) is 1.39. The summed E-state index contributed by atoms with van der Waals surface area (Å²) < 4.78 is 0. The Morgan fingerprint density at radius 1 is 1.20 bits per heavy atom. The van der Waals surface area contributed by atoms with Gasteiger partial charge < -0.3 is 15.6 Å². The summed E-state index contributed by atoms with van der Waals surface area (Å²) in [4.78, 5) is 11.4. The van der Waals surface area contributed by atoms with Gasteiger partial charge in [0, 0.05) is 18.5 Å². The molecule has 2 aliphatic rings. The largest absolute Gasteiger partial charge is 0.370 e. The Hall–Kier alpha value is -1.40. The summed E-state index contributed by atoms with van der Waals surface area (Å²) in [6, 6.07) is 1.89. The van der Waals surface area contributed by atoms with E-state index >= 15 is 0 Å². The molecule has 6 nitrogen and oxygen atoms in total. The quantitative estimate of drug-likeness (QED) is 0.557. The predicted molar refractivity (Wildman–Crippen MR) is 80.5 cm³/mol. The maximum absolute atomic E-state index is 5.49. The molecule has 0 spiro atoms. The van der Waals surface area contributed by atoms with E-state index in [2.05, 4.69) is 32.7 Å². The summed E-state index contributed by atoms with van der Waals surface area (Å²) in [6.45, 7) is 3.37. The van der Waals surface area contributed by atoms with E-state index in [-0.39, 0.29) is 0 Å². The third-order valence-electron chi connectivity index (χ3n) is 4.24. The number of aromatic nitrogens is 2. The Labute approximate surface area is 120 Å². The fraction of sp³-hybridized carbons (Fsp3) is 0.714. The number of hydrazine groups is 1. The lowest BCUT2D eigenvalue weighted by atomic mass is 9.97. The lowest BCUT2D eigenvalue weighted by Crippen LogP contribution is -2.33. The number of nitrogens with one attached hydrogen (secondary N) is 2. The van der Waals surface area contributed by atoms with Crippen LogP contribution in [0.25, 0.3) is 0 Å². The van der Waals surface area contributed by atoms with Crippen LogP contribution in [0.1, 0.15) is 37.4 Å². The first kappa shape index (κ1) is 13.6. The third-order valence-corrected chi connectivity index (χ3v) is 4.24. The van der Waals surface area contributed by atoms with Crippen LogP contribution in [0.5, 0.6) is 0 Å². The van der Waals surface area contributed by atoms with Crippen LogP contribution in [0.4, 0.5) is 11.6 Å². The summed E-state index contributed by atoms with van der Waals surface area (Å²) in [5.41, 5.74) is 2.64. The average molecular weight is 276 g/mol. The Kier molecular flexibility index (Phi) is 4.03. The number of hydrogen-bond acceptors (Lipinski definition) is 6. The number of rotatable bonds is 5. The first-order chi connectivity index (χ1) is 9.74. The van der Waals surface area contributed by atoms with Gasteiger partial charge in [-0.3, -0.25) is 0 Å². The third kappa shape index (κ3) is 3.37. The van der Waals surface area contributed by atoms with Gasteiger partial charge >= 0.3 is 0 Å². The minimum absolute atomic E-state index is 0.534. The van der Waals surface area contributed by atoms with E-state index in [1.54, 1.807) is 0 Å². The van der Waals surface area contributed by atoms with E-state index in [0.717, 1.165) is 24.1 Å². The van der Waals surface area contributed by atoms with Crippen molar-refractivity contribution in [3.63, 3.8) is 0 Å². The molecule has 2 heterocycles. The lowest BCUT2D eigenvalue weighted by molar-refractivity contribution is 0.226. The van der Waals surface area contributed by atoms with Crippen molar-refractivity contribution in [1.82, 2.24) is 14.9 Å². The van der Waals surface area contributed by atoms with E-state index in [4.69, 9.17) is 5.84 Å². The highest BCUT2D eigenvalue weighted by molar-refractivity contribution is 5.47. The lowest BCUT2D eigenvalue weighted by Gasteiger charge is -2.29. The number of nitrogens with two attached hydrogens (primary N) is 1. The molecule has 0 radical (unpaired) electrons. The molecule has 20 heavy (non-hydrogen) atoms. The Balaban J connectivity index is 1.60. The highest BCUT2D eigenvalue weighted by Gasteiger charge is 2.27. The van der Waals surface area contributed by atoms with Crippen molar-refractivity contribution in [2.45, 2.75) is 31.6 Å². The van der Waals surface area contributed by atoms with Gasteiger partial charge in [-0.25, -0.2) is 15.8 Å². The Morgan fingerprint density at radius 2 is 1.90 bits per heavy atom. The molecule has 2 fully saturated rings. The molecular weight excluding hydrogens is 252 g/mol. The highest BCUT2D eigenvalue weighted by Crippen LogP contribution is 2.38. The van der Waals surface area contributed by atoms with Gasteiger partial charge in [0.2, 0.25) is 0 Å². The highest BCUT2D eigenvalue weighted by atomic mass is 15.3. The van der Waals surface area contributed by atoms with Crippen LogP contribution in [-0.4, -0.2) is 41.5 Å². The SMILES string of the molecule is CN1CCC(CNc2cc(NN)nc(C3CC3)n2)CC1. The molecule has 0 atom stereocenters. The number of likely N-dealkylation sites (tertiary alicyclic amines) is 1. The molecule has 0 unspecified atom stereocenters. The van der Waals surface area contributed by atoms with Crippen molar-refractivity contribution >= 4 is 11.6 Å². The van der Waals surface area contributed by atoms with E-state index in [1.165, 1.54) is 38.8 Å². The van der Waals surface area contributed by atoms with Gasteiger partial charge in [-0.1, -0.05) is 0 Å². The normalized spacial score (nSPS) is 20.9. The van der Waals surface area contributed by atoms with Gasteiger partial charge in [0.05, 0.1) is 0 Å². The van der Waals surface area contributed by atoms with Crippen molar-refractivity contribution in [3.8, 4) is 0 Å². The van der Waals surface area contributed by atoms with Crippen LogP contribution in [0.15, 0.2) is 6.07 Å². The van der Waals surface area contributed by atoms with Crippen LogP contribution in [-0.2, 0) is 0 Å². The van der Waals surface area contributed by atoms with Crippen LogP contribution in [0, 0.1) is 5.92 Å². The van der Waals surface area contributed by atoms with E-state index in [0.29, 0.717) is 11.7 Å². The summed E-state index contributed by atoms with van der Waals surface area (Å²) in [6.07, 6.45) is 4.91. The van der Waals surface area contributed by atoms with Crippen molar-refractivity contribution < 1.29 is 0 Å². The van der Waals surface area contributed by atoms with Gasteiger partial charge in [-0.05, 0) is 51.7 Å². The van der Waals surface area contributed by atoms with Crippen molar-refractivity contribution in [1.29, 1.82) is 0 Å². The molecule has 0 amide bonds. The van der Waals surface area contributed by atoms with E-state index in [9.17, 15) is 0 Å². The molecular formula is C14H24N6. The zero-order chi connectivity index (χ0) is 13.9. The number of hydrogen-bond donors (Lipinski definition) is 3. The maximum Gasteiger partial charge on any atom is 0.145 e. The molecule has 6 heteroatoms. The van der Waals surface area contributed by atoms with Crippen LogP contribution >= 0.6 is 0 Å². The molecule has 0 aromatic carbocycles. The molecule has 110 valence electrons. The van der Waals surface area contributed by atoms with Gasteiger partial charge in [0.1, 0.15) is 17.5 Å². The minimum Gasteiger partial charge on any atom is -0.370 e. The fourth-order valence-electron chi connectivity index (χ4n) is 2.67. The number of piperidine rings is 1. The average Bonchev–Trinajstić information content (AvgIpc) is 3.31. The molecule has 1 saturated heterocycles. The molecule has 1 saturated carbocycles. The summed E-state index contributed by atoms with van der Waals surface area (Å²) >= 11 is 0. The van der Waals surface area contributed by atoms with Gasteiger partial charge in [-0.15, -0.1) is 0 Å². The first-order valence-corrected chi connectivity index (χ1v) is 7.52. The van der Waals surface area contributed by atoms with Crippen molar-refractivity contribution in [3.05, 3.63) is 11.9 Å². The summed E-state index contributed by atoms with van der Waals surface area (Å²) in [5.74, 6) is 9.28. The molecule has 1 aliphatic carbocycles. The number of anilines is 2. The first-order valence-electron chi connectivity index (χ1n) is 7.52. The number of nitrogen functional groups attached to an aromatic ring is 1. The second-order valence-electron chi connectivity index (χ2n) is 6.04. The Morgan fingerprint density at radius 3 is 2.55 bits per heavy atom. The van der Waals surface area contributed by atoms with Gasteiger partial charge in [0.25, 0.3) is 0 Å². The maximum atomic E-state index is 5.49. The topological polar surface area (TPSA) is 79.1 Å². The second kappa shape index (κ2) is 5.93. The van der Waals surface area contributed by atoms with E-state index < -0.39 is 0 Å². The molecule has 1 aromatic rings. The molecule has 0 bridgehead atoms. The van der Waals surface area contributed by atoms with Gasteiger partial charge in [-0.2, -0.15) is 0 Å². The Bertz CT molecular complexity index is 451. The summed E-state index contributed by atoms with van der Waals surface area (Å²) in [5, 5.41) is 3.46. The standard InChI is InChI=1S/C14H24N6/c1-20-6-4-10(5-7-20)9-16-12-8-13(19-15)18-14(17-12)11-2-3-11/h8,10-11H,2-7,9,15H2,1H3,(H2,16,17,18,19). The van der Waals surface area contributed by atoms with Crippen LogP contribution in [0.2, 0.25) is 0 Å². The molecule has 4 N–H and O–H groups in total. The van der Waals surface area contributed by atoms with Crippen molar-refractivity contribution in [2.75, 3.05) is 37.4 Å². The minimum atomic E-state index is 0.534. The van der Waals surface area contributed by atoms with E-state index in [1.807, 2.05) is 6.07 Å². The summed E-state index contributed by atoms with van der Waals surface area (Å²) in [7, 11) is 2.19. The number of nitrogens with zero attached hydrogens (tertiary/aromatic N) is 3. The zero-order valence-corrected chi connectivity index (χ0v) is 12.1. The van der Waals surface area contributed by atoms with Crippen LogP contribution in [0.3, 0.4) is 0 Å². The molecule has 1 aliphatic heterocycles. The monoisotopic (exact) mass is 276 g/mol. The smallest absolute Gasteiger partial charge is 0.145 e. The second-order valence-corrected chi connectivity index (χ2v) is 6.04. The zero-order valence-electron chi connectivity index (χ0n) is 12.1. The van der Waals surface area contributed by atoms with Crippen LogP contribution < -0.4 is 16.6 Å².